The topological polar surface area (TPSA) is 120 Å². The van der Waals surface area contributed by atoms with Crippen molar-refractivity contribution < 1.29 is 45.5 Å². The van der Waals surface area contributed by atoms with Crippen LogP contribution in [0.2, 0.25) is 0 Å². The van der Waals surface area contributed by atoms with E-state index in [1.54, 1.807) is 32.9 Å². The lowest BCUT2D eigenvalue weighted by atomic mass is 10.0. The molecule has 3 amide bonds. The van der Waals surface area contributed by atoms with E-state index in [0.29, 0.717) is 17.7 Å². The Morgan fingerprint density at radius 1 is 1.02 bits per heavy atom. The number of nitrogens with two attached hydrogens (primary N) is 1. The van der Waals surface area contributed by atoms with Crippen molar-refractivity contribution in [3.8, 4) is 11.3 Å². The summed E-state index contributed by atoms with van der Waals surface area (Å²) in [6.45, 7) is 4.08. The lowest BCUT2D eigenvalue weighted by Crippen LogP contribution is -2.45. The highest BCUT2D eigenvalue weighted by atomic mass is 19.4. The molecule has 4 rings (SSSR count). The largest absolute Gasteiger partial charge is 0.449 e. The van der Waals surface area contributed by atoms with E-state index in [1.165, 1.54) is 17.0 Å². The third kappa shape index (κ3) is 8.34. The predicted octanol–water partition coefficient (Wildman–Crippen LogP) is 4.88. The molecule has 1 atom stereocenters. The van der Waals surface area contributed by atoms with Crippen LogP contribution in [0.25, 0.3) is 11.3 Å². The third-order valence-electron chi connectivity index (χ3n) is 6.89. The average molecular weight is 640 g/mol. The predicted molar refractivity (Wildman–Crippen MR) is 149 cm³/mol. The fourth-order valence-electron chi connectivity index (χ4n) is 5.03. The fraction of sp³-hybridized carbons (Fsp3) is 0.400. The minimum Gasteiger partial charge on any atom is -0.444 e. The summed E-state index contributed by atoms with van der Waals surface area (Å²) in [5.74, 6) is -6.24. The number of nitrogens with zero attached hydrogens (tertiary/aromatic N) is 3. The van der Waals surface area contributed by atoms with Crippen LogP contribution in [0.5, 0.6) is 0 Å². The minimum atomic E-state index is -4.80. The number of rotatable bonds is 8. The van der Waals surface area contributed by atoms with Gasteiger partial charge in [0, 0.05) is 37.2 Å². The highest BCUT2D eigenvalue weighted by Crippen LogP contribution is 2.36. The molecule has 0 saturated heterocycles. The van der Waals surface area contributed by atoms with Crippen molar-refractivity contribution >= 4 is 17.9 Å². The maximum absolute atomic E-state index is 14.5. The number of benzene rings is 2. The second kappa shape index (κ2) is 12.8. The van der Waals surface area contributed by atoms with Crippen molar-refractivity contribution in [2.24, 2.45) is 5.73 Å². The highest BCUT2D eigenvalue weighted by Gasteiger charge is 2.41. The van der Waals surface area contributed by atoms with Crippen LogP contribution in [0.4, 0.5) is 31.1 Å². The van der Waals surface area contributed by atoms with Gasteiger partial charge in [-0.1, -0.05) is 18.2 Å². The maximum atomic E-state index is 14.5. The van der Waals surface area contributed by atoms with Gasteiger partial charge in [-0.15, -0.1) is 0 Å². The Kier molecular flexibility index (Phi) is 9.49. The molecule has 1 aromatic heterocycles. The zero-order chi connectivity index (χ0) is 33.3. The minimum absolute atomic E-state index is 0.0431. The van der Waals surface area contributed by atoms with Gasteiger partial charge < -0.3 is 25.3 Å². The van der Waals surface area contributed by atoms with Crippen LogP contribution in [-0.2, 0) is 46.4 Å². The molecule has 0 bridgehead atoms. The number of halogens is 6. The summed E-state index contributed by atoms with van der Waals surface area (Å²) in [6, 6.07) is 5.96. The average Bonchev–Trinajstić information content (AvgIpc) is 3.30. The van der Waals surface area contributed by atoms with Crippen molar-refractivity contribution in [3.63, 3.8) is 0 Å². The quantitative estimate of drug-likeness (QED) is 0.269. The maximum Gasteiger partial charge on any atom is 0.449 e. The van der Waals surface area contributed by atoms with E-state index in [4.69, 9.17) is 10.5 Å². The van der Waals surface area contributed by atoms with Gasteiger partial charge in [0.25, 0.3) is 0 Å². The van der Waals surface area contributed by atoms with E-state index in [2.05, 4.69) is 10.3 Å². The van der Waals surface area contributed by atoms with Crippen LogP contribution in [-0.4, -0.2) is 50.5 Å². The second-order valence-corrected chi connectivity index (χ2v) is 11.6. The number of nitrogens with one attached hydrogen (secondary N) is 1. The summed E-state index contributed by atoms with van der Waals surface area (Å²) in [6.07, 6.45) is -6.79. The van der Waals surface area contributed by atoms with Gasteiger partial charge in [0.2, 0.25) is 17.6 Å². The Hall–Kier alpha value is -4.56. The molecule has 0 aliphatic carbocycles. The highest BCUT2D eigenvalue weighted by molar-refractivity contribution is 5.79. The molecule has 242 valence electrons. The van der Waals surface area contributed by atoms with Crippen molar-refractivity contribution in [1.82, 2.24) is 19.8 Å². The third-order valence-corrected chi connectivity index (χ3v) is 6.89. The van der Waals surface area contributed by atoms with Gasteiger partial charge in [-0.05, 0) is 50.5 Å². The Morgan fingerprint density at radius 3 is 2.36 bits per heavy atom. The molecule has 2 aromatic carbocycles. The normalized spacial score (nSPS) is 14.1. The number of fused-ring (bicyclic) bond motifs is 1. The van der Waals surface area contributed by atoms with Gasteiger partial charge in [-0.3, -0.25) is 9.59 Å². The van der Waals surface area contributed by atoms with Crippen molar-refractivity contribution in [1.29, 1.82) is 0 Å². The number of carbonyl (C=O) groups excluding carboxylic acids is 3. The molecular formula is C30H31F6N5O4. The van der Waals surface area contributed by atoms with Gasteiger partial charge >= 0.3 is 12.3 Å². The number of primary amides is 1. The summed E-state index contributed by atoms with van der Waals surface area (Å²) in [7, 11) is 0. The smallest absolute Gasteiger partial charge is 0.444 e. The molecule has 45 heavy (non-hydrogen) atoms. The Balaban J connectivity index is 1.63. The van der Waals surface area contributed by atoms with Crippen LogP contribution < -0.4 is 11.1 Å². The van der Waals surface area contributed by atoms with Gasteiger partial charge in [0.1, 0.15) is 11.4 Å². The second-order valence-electron chi connectivity index (χ2n) is 11.6. The van der Waals surface area contributed by atoms with E-state index < -0.39 is 71.8 Å². The van der Waals surface area contributed by atoms with Crippen LogP contribution in [0, 0.1) is 17.5 Å². The van der Waals surface area contributed by atoms with Crippen LogP contribution in [0.3, 0.4) is 0 Å². The number of carbonyl (C=O) groups is 3. The van der Waals surface area contributed by atoms with Crippen LogP contribution >= 0.6 is 0 Å². The SMILES string of the molecule is CC(C)(C)OC(=O)N[C@@H](CC(=O)N1CCn2c(C(F)(F)F)nc(-c3cccc(CC(N)=O)c3)c2C1)Cc1cc(F)c(F)cc1F. The molecule has 0 saturated carbocycles. The van der Waals surface area contributed by atoms with Gasteiger partial charge in [-0.25, -0.2) is 22.9 Å². The summed E-state index contributed by atoms with van der Waals surface area (Å²) in [5.41, 5.74) is 4.80. The molecule has 9 nitrogen and oxygen atoms in total. The molecule has 2 heterocycles. The number of imidazole rings is 1. The molecule has 3 N–H and O–H groups in total. The van der Waals surface area contributed by atoms with Gasteiger partial charge in [-0.2, -0.15) is 13.2 Å². The Labute approximate surface area is 254 Å². The van der Waals surface area contributed by atoms with Gasteiger partial charge in [0.15, 0.2) is 11.6 Å². The Bertz CT molecular complexity index is 1620. The summed E-state index contributed by atoms with van der Waals surface area (Å²) in [4.78, 5) is 42.6. The van der Waals surface area contributed by atoms with Crippen molar-refractivity contribution in [2.75, 3.05) is 6.54 Å². The van der Waals surface area contributed by atoms with Crippen LogP contribution in [0.1, 0.15) is 49.8 Å². The number of aromatic nitrogens is 2. The Morgan fingerprint density at radius 2 is 1.71 bits per heavy atom. The standard InChI is InChI=1S/C30H31F6N5O4/c1-29(2,3)45-28(44)38-19(11-18-12-21(32)22(33)14-20(18)31)13-25(43)40-7-8-41-23(15-40)26(39-27(41)30(34,35)36)17-6-4-5-16(9-17)10-24(37)42/h4-6,9,12,14,19H,7-8,10-11,13,15H2,1-3H3,(H2,37,42)(H,38,44)/t19-/m1/s1. The molecule has 0 spiro atoms. The van der Waals surface area contributed by atoms with Gasteiger partial charge in [0.05, 0.1) is 24.4 Å². The fourth-order valence-corrected chi connectivity index (χ4v) is 5.03. The van der Waals surface area contributed by atoms with Crippen molar-refractivity contribution in [3.05, 3.63) is 76.5 Å². The molecule has 15 heteroatoms. The van der Waals surface area contributed by atoms with E-state index in [-0.39, 0.29) is 48.6 Å². The van der Waals surface area contributed by atoms with E-state index >= 15 is 0 Å². The van der Waals surface area contributed by atoms with Crippen molar-refractivity contribution in [2.45, 2.75) is 70.9 Å². The number of ether oxygens (including phenoxy) is 1. The zero-order valence-electron chi connectivity index (χ0n) is 24.6. The molecule has 3 aromatic rings. The molecule has 1 aliphatic heterocycles. The first kappa shape index (κ1) is 33.3. The van der Waals surface area contributed by atoms with E-state index in [0.717, 1.165) is 4.57 Å². The molecular weight excluding hydrogens is 608 g/mol. The first-order valence-electron chi connectivity index (χ1n) is 13.9. The molecule has 0 radical (unpaired) electrons. The van der Waals surface area contributed by atoms with E-state index in [1.807, 2.05) is 0 Å². The number of hydrogen-bond donors (Lipinski definition) is 2. The summed E-state index contributed by atoms with van der Waals surface area (Å²) >= 11 is 0. The summed E-state index contributed by atoms with van der Waals surface area (Å²) in [5, 5.41) is 2.46. The number of amides is 3. The van der Waals surface area contributed by atoms with E-state index in [9.17, 15) is 40.7 Å². The molecule has 1 aliphatic rings. The first-order chi connectivity index (χ1) is 20.9. The number of alkyl carbamates (subject to hydrolysis) is 1. The first-order valence-corrected chi connectivity index (χ1v) is 13.9. The zero-order valence-corrected chi connectivity index (χ0v) is 24.6. The molecule has 0 fully saturated rings. The number of alkyl halides is 3. The monoisotopic (exact) mass is 639 g/mol. The lowest BCUT2D eigenvalue weighted by Gasteiger charge is -2.31. The summed E-state index contributed by atoms with van der Waals surface area (Å²) < 4.78 is 90.0. The lowest BCUT2D eigenvalue weighted by molar-refractivity contribution is -0.148. The van der Waals surface area contributed by atoms with Crippen LogP contribution in [0.15, 0.2) is 36.4 Å². The molecule has 0 unspecified atom stereocenters. The number of hydrogen-bond acceptors (Lipinski definition) is 5.